The lowest BCUT2D eigenvalue weighted by atomic mass is 9.99. The first kappa shape index (κ1) is 15.4. The minimum Gasteiger partial charge on any atom is -0.463 e. The van der Waals surface area contributed by atoms with Crippen molar-refractivity contribution in [1.82, 2.24) is 5.01 Å². The summed E-state index contributed by atoms with van der Waals surface area (Å²) < 4.78 is 5.49. The first-order valence-corrected chi connectivity index (χ1v) is 8.29. The topological polar surface area (TPSA) is 45.8 Å². The van der Waals surface area contributed by atoms with Gasteiger partial charge in [0.15, 0.2) is 0 Å². The lowest BCUT2D eigenvalue weighted by Gasteiger charge is -2.22. The lowest BCUT2D eigenvalue weighted by molar-refractivity contribution is 0.0711. The zero-order valence-electron chi connectivity index (χ0n) is 13.9. The van der Waals surface area contributed by atoms with E-state index < -0.39 is 0 Å². The van der Waals surface area contributed by atoms with E-state index in [2.05, 4.69) is 24.2 Å². The van der Waals surface area contributed by atoms with Crippen LogP contribution in [0.15, 0.2) is 82.5 Å². The smallest absolute Gasteiger partial charge is 0.274 e. The van der Waals surface area contributed by atoms with Crippen LogP contribution in [0.5, 0.6) is 0 Å². The monoisotopic (exact) mass is 330 g/mol. The van der Waals surface area contributed by atoms with Gasteiger partial charge in [-0.1, -0.05) is 48.0 Å². The van der Waals surface area contributed by atoms with Crippen molar-refractivity contribution in [2.45, 2.75) is 19.4 Å². The normalized spacial score (nSPS) is 16.8. The van der Waals surface area contributed by atoms with Crippen LogP contribution in [0.4, 0.5) is 0 Å². The molecular weight excluding hydrogens is 312 g/mol. The average Bonchev–Trinajstić information content (AvgIpc) is 3.31. The van der Waals surface area contributed by atoms with Crippen molar-refractivity contribution >= 4 is 11.6 Å². The number of carbonyl (C=O) groups excluding carboxylic acids is 1. The highest BCUT2D eigenvalue weighted by Gasteiger charge is 2.34. The minimum atomic E-state index is -0.132. The van der Waals surface area contributed by atoms with Gasteiger partial charge in [0, 0.05) is 12.0 Å². The number of hydrogen-bond donors (Lipinski definition) is 0. The third-order valence-corrected chi connectivity index (χ3v) is 4.37. The minimum absolute atomic E-state index is 0.103. The second-order valence-corrected chi connectivity index (χ2v) is 6.17. The van der Waals surface area contributed by atoms with E-state index >= 15 is 0 Å². The third kappa shape index (κ3) is 2.98. The summed E-state index contributed by atoms with van der Waals surface area (Å²) in [5, 5.41) is 6.19. The summed E-state index contributed by atoms with van der Waals surface area (Å²) in [5.74, 6) is 0.606. The van der Waals surface area contributed by atoms with Crippen LogP contribution in [-0.2, 0) is 0 Å². The first-order chi connectivity index (χ1) is 12.2. The molecule has 0 radical (unpaired) electrons. The summed E-state index contributed by atoms with van der Waals surface area (Å²) in [5.41, 5.74) is 3.66. The van der Waals surface area contributed by atoms with Crippen molar-refractivity contribution in [3.63, 3.8) is 0 Å². The molecule has 1 atom stereocenters. The van der Waals surface area contributed by atoms with Gasteiger partial charge in [-0.3, -0.25) is 4.79 Å². The fourth-order valence-corrected chi connectivity index (χ4v) is 3.14. The Morgan fingerprint density at radius 2 is 1.92 bits per heavy atom. The van der Waals surface area contributed by atoms with Crippen LogP contribution in [-0.4, -0.2) is 16.6 Å². The van der Waals surface area contributed by atoms with E-state index in [-0.39, 0.29) is 11.9 Å². The van der Waals surface area contributed by atoms with E-state index in [4.69, 9.17) is 4.42 Å². The summed E-state index contributed by atoms with van der Waals surface area (Å²) in [6.45, 7) is 2.05. The van der Waals surface area contributed by atoms with Crippen LogP contribution in [0.3, 0.4) is 0 Å². The fraction of sp³-hybridized carbons (Fsp3) is 0.143. The first-order valence-electron chi connectivity index (χ1n) is 8.29. The van der Waals surface area contributed by atoms with Crippen molar-refractivity contribution in [2.24, 2.45) is 5.10 Å². The Kier molecular flexibility index (Phi) is 3.94. The quantitative estimate of drug-likeness (QED) is 0.705. The number of nitrogens with zero attached hydrogens (tertiary/aromatic N) is 2. The van der Waals surface area contributed by atoms with E-state index in [1.165, 1.54) is 0 Å². The Hall–Kier alpha value is -3.14. The van der Waals surface area contributed by atoms with Gasteiger partial charge in [-0.15, -0.1) is 0 Å². The van der Waals surface area contributed by atoms with E-state index in [9.17, 15) is 4.79 Å². The summed E-state index contributed by atoms with van der Waals surface area (Å²) in [7, 11) is 0. The van der Waals surface area contributed by atoms with Crippen molar-refractivity contribution in [3.05, 3.63) is 95.4 Å². The number of furan rings is 1. The third-order valence-electron chi connectivity index (χ3n) is 4.37. The standard InChI is InChI=1S/C21H18N2O2/c1-15-7-5-10-17(13-15)19-14-18(20-11-6-12-25-20)22-23(19)21(24)16-8-3-2-4-9-16/h2-13,19H,14H2,1H3/t19-/m0/s1. The van der Waals surface area contributed by atoms with E-state index in [1.54, 1.807) is 11.3 Å². The van der Waals surface area contributed by atoms with Gasteiger partial charge in [-0.05, 0) is 36.8 Å². The van der Waals surface area contributed by atoms with Crippen LogP contribution in [0.1, 0.15) is 39.7 Å². The molecule has 1 aliphatic rings. The number of aryl methyl sites for hydroxylation is 1. The van der Waals surface area contributed by atoms with Gasteiger partial charge < -0.3 is 4.42 Å². The highest BCUT2D eigenvalue weighted by molar-refractivity contribution is 6.03. The van der Waals surface area contributed by atoms with Crippen LogP contribution in [0.25, 0.3) is 0 Å². The fourth-order valence-electron chi connectivity index (χ4n) is 3.14. The second kappa shape index (κ2) is 6.40. The summed E-state index contributed by atoms with van der Waals surface area (Å²) >= 11 is 0. The second-order valence-electron chi connectivity index (χ2n) is 6.17. The molecule has 4 nitrogen and oxygen atoms in total. The molecule has 2 heterocycles. The van der Waals surface area contributed by atoms with Crippen LogP contribution >= 0.6 is 0 Å². The molecule has 0 fully saturated rings. The molecule has 1 amide bonds. The van der Waals surface area contributed by atoms with Gasteiger partial charge in [-0.25, -0.2) is 5.01 Å². The van der Waals surface area contributed by atoms with Gasteiger partial charge in [-0.2, -0.15) is 5.10 Å². The Morgan fingerprint density at radius 1 is 1.08 bits per heavy atom. The Balaban J connectivity index is 1.74. The number of rotatable bonds is 3. The number of amides is 1. The van der Waals surface area contributed by atoms with E-state index in [0.717, 1.165) is 16.8 Å². The summed E-state index contributed by atoms with van der Waals surface area (Å²) in [4.78, 5) is 13.0. The van der Waals surface area contributed by atoms with Crippen molar-refractivity contribution < 1.29 is 9.21 Å². The molecule has 0 saturated carbocycles. The molecule has 0 unspecified atom stereocenters. The van der Waals surface area contributed by atoms with E-state index in [0.29, 0.717) is 17.7 Å². The molecule has 0 N–H and O–H groups in total. The molecule has 2 aromatic carbocycles. The Bertz CT molecular complexity index is 914. The van der Waals surface area contributed by atoms with Gasteiger partial charge in [0.1, 0.15) is 11.5 Å². The van der Waals surface area contributed by atoms with Crippen molar-refractivity contribution in [1.29, 1.82) is 0 Å². The molecule has 0 aliphatic carbocycles. The number of hydrazone groups is 1. The van der Waals surface area contributed by atoms with Gasteiger partial charge in [0.2, 0.25) is 0 Å². The van der Waals surface area contributed by atoms with Gasteiger partial charge >= 0.3 is 0 Å². The molecule has 1 aliphatic heterocycles. The van der Waals surface area contributed by atoms with Gasteiger partial charge in [0.05, 0.1) is 12.3 Å². The van der Waals surface area contributed by atoms with Crippen LogP contribution in [0.2, 0.25) is 0 Å². The molecule has 0 saturated heterocycles. The predicted molar refractivity (Wildman–Crippen MR) is 96.4 cm³/mol. The molecule has 0 bridgehead atoms. The summed E-state index contributed by atoms with van der Waals surface area (Å²) in [6.07, 6.45) is 2.26. The summed E-state index contributed by atoms with van der Waals surface area (Å²) in [6, 6.07) is 21.1. The largest absolute Gasteiger partial charge is 0.463 e. The molecule has 0 spiro atoms. The van der Waals surface area contributed by atoms with Crippen molar-refractivity contribution in [2.75, 3.05) is 0 Å². The predicted octanol–water partition coefficient (Wildman–Crippen LogP) is 4.58. The van der Waals surface area contributed by atoms with Crippen LogP contribution < -0.4 is 0 Å². The number of benzene rings is 2. The molecule has 4 rings (SSSR count). The Labute approximate surface area is 146 Å². The van der Waals surface area contributed by atoms with E-state index in [1.807, 2.05) is 54.6 Å². The highest BCUT2D eigenvalue weighted by Crippen LogP contribution is 2.34. The van der Waals surface area contributed by atoms with Crippen LogP contribution in [0, 0.1) is 6.92 Å². The Morgan fingerprint density at radius 3 is 2.64 bits per heavy atom. The van der Waals surface area contributed by atoms with Gasteiger partial charge in [0.25, 0.3) is 5.91 Å². The SMILES string of the molecule is Cc1cccc([C@@H]2CC(c3ccco3)=NN2C(=O)c2ccccc2)c1. The zero-order valence-corrected chi connectivity index (χ0v) is 13.9. The molecule has 25 heavy (non-hydrogen) atoms. The average molecular weight is 330 g/mol. The maximum absolute atomic E-state index is 13.0. The lowest BCUT2D eigenvalue weighted by Crippen LogP contribution is -2.27. The van der Waals surface area contributed by atoms with Crippen molar-refractivity contribution in [3.8, 4) is 0 Å². The number of hydrogen-bond acceptors (Lipinski definition) is 3. The molecule has 4 heteroatoms. The number of carbonyl (C=O) groups is 1. The molecule has 124 valence electrons. The maximum atomic E-state index is 13.0. The molecule has 1 aromatic heterocycles. The molecule has 3 aromatic rings. The maximum Gasteiger partial charge on any atom is 0.274 e. The zero-order chi connectivity index (χ0) is 17.2. The molecular formula is C21H18N2O2. The highest BCUT2D eigenvalue weighted by atomic mass is 16.3.